The fraction of sp³-hybridized carbons (Fsp3) is 0.250. The van der Waals surface area contributed by atoms with Crippen LogP contribution in [0.3, 0.4) is 0 Å². The van der Waals surface area contributed by atoms with Crippen LogP contribution in [0, 0.1) is 12.7 Å². The zero-order valence-corrected chi connectivity index (χ0v) is 12.3. The molecular formula is C16H18FN3O. The molecule has 2 N–H and O–H groups in total. The van der Waals surface area contributed by atoms with Crippen molar-refractivity contribution in [3.63, 3.8) is 0 Å². The molecular weight excluding hydrogens is 269 g/mol. The zero-order valence-electron chi connectivity index (χ0n) is 12.3. The average Bonchev–Trinajstić information content (AvgIpc) is 2.46. The molecule has 0 aliphatic rings. The number of carbonyl (C=O) groups excluding carboxylic acids is 1. The van der Waals surface area contributed by atoms with E-state index in [1.54, 1.807) is 44.3 Å². The van der Waals surface area contributed by atoms with Crippen LogP contribution < -0.4 is 10.6 Å². The van der Waals surface area contributed by atoms with Gasteiger partial charge in [-0.2, -0.15) is 0 Å². The molecule has 1 aromatic heterocycles. The maximum absolute atomic E-state index is 13.7. The van der Waals surface area contributed by atoms with E-state index in [4.69, 9.17) is 0 Å². The number of amides is 1. The van der Waals surface area contributed by atoms with E-state index in [1.807, 2.05) is 6.92 Å². The van der Waals surface area contributed by atoms with Gasteiger partial charge < -0.3 is 10.6 Å². The van der Waals surface area contributed by atoms with Crippen molar-refractivity contribution < 1.29 is 9.18 Å². The molecule has 1 unspecified atom stereocenters. The molecule has 0 radical (unpaired) electrons. The van der Waals surface area contributed by atoms with Gasteiger partial charge in [-0.1, -0.05) is 18.2 Å². The largest absolute Gasteiger partial charge is 0.373 e. The predicted molar refractivity (Wildman–Crippen MR) is 80.8 cm³/mol. The van der Waals surface area contributed by atoms with Gasteiger partial charge in [0.15, 0.2) is 0 Å². The van der Waals surface area contributed by atoms with Crippen LogP contribution in [-0.2, 0) is 0 Å². The number of pyridine rings is 1. The number of aryl methyl sites for hydroxylation is 1. The fourth-order valence-electron chi connectivity index (χ4n) is 2.11. The lowest BCUT2D eigenvalue weighted by molar-refractivity contribution is 0.0939. The summed E-state index contributed by atoms with van der Waals surface area (Å²) in [6, 6.07) is 9.37. The number of anilines is 1. The number of rotatable bonds is 4. The molecule has 1 heterocycles. The third-order valence-corrected chi connectivity index (χ3v) is 3.19. The van der Waals surface area contributed by atoms with Crippen molar-refractivity contribution in [2.75, 3.05) is 12.4 Å². The quantitative estimate of drug-likeness (QED) is 0.908. The van der Waals surface area contributed by atoms with Gasteiger partial charge in [-0.25, -0.2) is 9.37 Å². The van der Waals surface area contributed by atoms with Crippen molar-refractivity contribution in [3.05, 3.63) is 59.0 Å². The van der Waals surface area contributed by atoms with Gasteiger partial charge >= 0.3 is 0 Å². The van der Waals surface area contributed by atoms with Crippen molar-refractivity contribution >= 4 is 11.7 Å². The molecule has 4 nitrogen and oxygen atoms in total. The van der Waals surface area contributed by atoms with Gasteiger partial charge in [0.1, 0.15) is 11.6 Å². The van der Waals surface area contributed by atoms with Gasteiger partial charge in [-0.3, -0.25) is 4.79 Å². The number of hydrogen-bond acceptors (Lipinski definition) is 3. The molecule has 0 saturated carbocycles. The third kappa shape index (κ3) is 3.56. The van der Waals surface area contributed by atoms with E-state index < -0.39 is 6.04 Å². The lowest BCUT2D eigenvalue weighted by Crippen LogP contribution is -2.27. The molecule has 0 spiro atoms. The Kier molecular flexibility index (Phi) is 4.52. The Morgan fingerprint density at radius 1 is 1.29 bits per heavy atom. The molecule has 0 aliphatic carbocycles. The molecule has 0 fully saturated rings. The highest BCUT2D eigenvalue weighted by atomic mass is 19.1. The van der Waals surface area contributed by atoms with Crippen LogP contribution in [0.4, 0.5) is 10.2 Å². The van der Waals surface area contributed by atoms with Crippen LogP contribution in [0.5, 0.6) is 0 Å². The normalized spacial score (nSPS) is 11.8. The summed E-state index contributed by atoms with van der Waals surface area (Å²) in [4.78, 5) is 16.5. The summed E-state index contributed by atoms with van der Waals surface area (Å²) in [7, 11) is 1.74. The number of halogens is 1. The van der Waals surface area contributed by atoms with E-state index in [9.17, 15) is 9.18 Å². The molecule has 0 bridgehead atoms. The summed E-state index contributed by atoms with van der Waals surface area (Å²) >= 11 is 0. The fourth-order valence-corrected chi connectivity index (χ4v) is 2.11. The second-order valence-electron chi connectivity index (χ2n) is 4.85. The van der Waals surface area contributed by atoms with Gasteiger partial charge in [0, 0.05) is 23.9 Å². The first kappa shape index (κ1) is 15.0. The van der Waals surface area contributed by atoms with Crippen LogP contribution in [0.15, 0.2) is 36.4 Å². The molecule has 110 valence electrons. The Morgan fingerprint density at radius 3 is 2.67 bits per heavy atom. The number of carbonyl (C=O) groups is 1. The van der Waals surface area contributed by atoms with Crippen molar-refractivity contribution in [3.8, 4) is 0 Å². The summed E-state index contributed by atoms with van der Waals surface area (Å²) in [5.74, 6) is 0.0403. The highest BCUT2D eigenvalue weighted by molar-refractivity contribution is 5.95. The summed E-state index contributed by atoms with van der Waals surface area (Å²) in [6.45, 7) is 3.57. The zero-order chi connectivity index (χ0) is 15.4. The number of nitrogens with zero attached hydrogens (tertiary/aromatic N) is 1. The van der Waals surface area contributed by atoms with Crippen molar-refractivity contribution in [2.24, 2.45) is 0 Å². The molecule has 0 saturated heterocycles. The van der Waals surface area contributed by atoms with Crippen LogP contribution in [0.2, 0.25) is 0 Å². The van der Waals surface area contributed by atoms with Gasteiger partial charge in [0.2, 0.25) is 0 Å². The SMILES string of the molecule is CNc1cc(C(=O)NC(C)c2ccccc2F)cc(C)n1. The lowest BCUT2D eigenvalue weighted by atomic mass is 10.1. The van der Waals surface area contributed by atoms with Crippen molar-refractivity contribution in [1.82, 2.24) is 10.3 Å². The second-order valence-corrected chi connectivity index (χ2v) is 4.85. The minimum absolute atomic E-state index is 0.257. The monoisotopic (exact) mass is 287 g/mol. The predicted octanol–water partition coefficient (Wildman–Crippen LogP) is 3.06. The Hall–Kier alpha value is -2.43. The van der Waals surface area contributed by atoms with Crippen LogP contribution in [-0.4, -0.2) is 17.9 Å². The summed E-state index contributed by atoms with van der Waals surface area (Å²) in [5, 5.41) is 5.70. The first-order valence-corrected chi connectivity index (χ1v) is 6.73. The molecule has 2 aromatic rings. The Balaban J connectivity index is 2.18. The molecule has 5 heteroatoms. The van der Waals surface area contributed by atoms with Crippen LogP contribution in [0.25, 0.3) is 0 Å². The first-order valence-electron chi connectivity index (χ1n) is 6.73. The number of hydrogen-bond donors (Lipinski definition) is 2. The van der Waals surface area contributed by atoms with E-state index in [-0.39, 0.29) is 11.7 Å². The maximum Gasteiger partial charge on any atom is 0.251 e. The minimum atomic E-state index is -0.412. The van der Waals surface area contributed by atoms with E-state index >= 15 is 0 Å². The summed E-state index contributed by atoms with van der Waals surface area (Å²) < 4.78 is 13.7. The Bertz CT molecular complexity index is 658. The highest BCUT2D eigenvalue weighted by Gasteiger charge is 2.15. The van der Waals surface area contributed by atoms with E-state index in [0.29, 0.717) is 16.9 Å². The molecule has 2 rings (SSSR count). The maximum atomic E-state index is 13.7. The van der Waals surface area contributed by atoms with Gasteiger partial charge in [-0.05, 0) is 32.0 Å². The third-order valence-electron chi connectivity index (χ3n) is 3.19. The smallest absolute Gasteiger partial charge is 0.251 e. The molecule has 1 amide bonds. The molecule has 21 heavy (non-hydrogen) atoms. The van der Waals surface area contributed by atoms with E-state index in [1.165, 1.54) is 6.07 Å². The molecule has 1 aromatic carbocycles. The van der Waals surface area contributed by atoms with Gasteiger partial charge in [0.05, 0.1) is 6.04 Å². The molecule has 1 atom stereocenters. The first-order chi connectivity index (χ1) is 10.0. The standard InChI is InChI=1S/C16H18FN3O/c1-10-8-12(9-15(18-3)19-10)16(21)20-11(2)13-6-4-5-7-14(13)17/h4-9,11H,1-3H3,(H,18,19)(H,20,21). The van der Waals surface area contributed by atoms with Crippen molar-refractivity contribution in [1.29, 1.82) is 0 Å². The number of aromatic nitrogens is 1. The molecule has 0 aliphatic heterocycles. The van der Waals surface area contributed by atoms with Crippen molar-refractivity contribution in [2.45, 2.75) is 19.9 Å². The topological polar surface area (TPSA) is 54.0 Å². The second kappa shape index (κ2) is 6.35. The summed E-state index contributed by atoms with van der Waals surface area (Å²) in [6.07, 6.45) is 0. The average molecular weight is 287 g/mol. The van der Waals surface area contributed by atoms with Gasteiger partial charge in [-0.15, -0.1) is 0 Å². The Labute approximate surface area is 123 Å². The number of nitrogens with one attached hydrogen (secondary N) is 2. The van der Waals surface area contributed by atoms with E-state index in [2.05, 4.69) is 15.6 Å². The number of benzene rings is 1. The minimum Gasteiger partial charge on any atom is -0.373 e. The van der Waals surface area contributed by atoms with Gasteiger partial charge in [0.25, 0.3) is 5.91 Å². The summed E-state index contributed by atoms with van der Waals surface area (Å²) in [5.41, 5.74) is 1.70. The Morgan fingerprint density at radius 2 is 2.00 bits per heavy atom. The highest BCUT2D eigenvalue weighted by Crippen LogP contribution is 2.17. The van der Waals surface area contributed by atoms with Crippen LogP contribution in [0.1, 0.15) is 34.6 Å². The lowest BCUT2D eigenvalue weighted by Gasteiger charge is -2.15. The van der Waals surface area contributed by atoms with Crippen LogP contribution >= 0.6 is 0 Å². The van der Waals surface area contributed by atoms with E-state index in [0.717, 1.165) is 5.69 Å².